The maximum Gasteiger partial charge on any atom is 0.416 e. The van der Waals surface area contributed by atoms with Crippen LogP contribution in [0.2, 0.25) is 0 Å². The summed E-state index contributed by atoms with van der Waals surface area (Å²) in [5.41, 5.74) is -0.133. The van der Waals surface area contributed by atoms with Crippen molar-refractivity contribution >= 4 is 23.0 Å². The molecule has 0 aliphatic rings. The van der Waals surface area contributed by atoms with E-state index >= 15 is 0 Å². The van der Waals surface area contributed by atoms with Gasteiger partial charge in [0.25, 0.3) is 0 Å². The highest BCUT2D eigenvalue weighted by Crippen LogP contribution is 2.29. The monoisotopic (exact) mass is 290 g/mol. The van der Waals surface area contributed by atoms with E-state index in [-0.39, 0.29) is 0 Å². The van der Waals surface area contributed by atoms with E-state index in [2.05, 4.69) is 24.5 Å². The van der Waals surface area contributed by atoms with Crippen LogP contribution in [0.4, 0.5) is 18.9 Å². The largest absolute Gasteiger partial charge is 0.416 e. The molecule has 0 amide bonds. The highest BCUT2D eigenvalue weighted by molar-refractivity contribution is 7.80. The first-order chi connectivity index (χ1) is 8.79. The Morgan fingerprint density at radius 3 is 2.26 bits per heavy atom. The molecule has 0 spiro atoms. The molecular weight excluding hydrogens is 273 g/mol. The number of hydrogen-bond donors (Lipinski definition) is 2. The molecule has 6 heteroatoms. The zero-order chi connectivity index (χ0) is 14.5. The third-order valence-electron chi connectivity index (χ3n) is 2.48. The molecule has 1 rings (SSSR count). The Hall–Kier alpha value is -1.30. The lowest BCUT2D eigenvalue weighted by Gasteiger charge is -2.12. The van der Waals surface area contributed by atoms with E-state index < -0.39 is 11.7 Å². The second kappa shape index (κ2) is 6.75. The van der Waals surface area contributed by atoms with Crippen LogP contribution in [-0.2, 0) is 6.18 Å². The summed E-state index contributed by atoms with van der Waals surface area (Å²) >= 11 is 5.05. The van der Waals surface area contributed by atoms with Crippen LogP contribution >= 0.6 is 12.2 Å². The van der Waals surface area contributed by atoms with Gasteiger partial charge in [0.1, 0.15) is 0 Å². The van der Waals surface area contributed by atoms with Crippen LogP contribution in [0, 0.1) is 5.92 Å². The maximum absolute atomic E-state index is 12.4. The summed E-state index contributed by atoms with van der Waals surface area (Å²) < 4.78 is 37.1. The Morgan fingerprint density at radius 2 is 1.79 bits per heavy atom. The molecular formula is C13H17F3N2S. The number of benzene rings is 1. The Balaban J connectivity index is 2.47. The maximum atomic E-state index is 12.4. The number of anilines is 1. The molecule has 2 N–H and O–H groups in total. The molecule has 1 aromatic carbocycles. The van der Waals surface area contributed by atoms with Crippen LogP contribution in [0.5, 0.6) is 0 Å². The molecule has 0 aliphatic heterocycles. The summed E-state index contributed by atoms with van der Waals surface area (Å²) in [5, 5.41) is 6.27. The summed E-state index contributed by atoms with van der Waals surface area (Å²) in [7, 11) is 0. The van der Waals surface area contributed by atoms with Crippen molar-refractivity contribution in [3.63, 3.8) is 0 Å². The highest BCUT2D eigenvalue weighted by atomic mass is 32.1. The first-order valence-electron chi connectivity index (χ1n) is 6.01. The molecule has 0 fully saturated rings. The van der Waals surface area contributed by atoms with E-state index in [1.165, 1.54) is 12.1 Å². The van der Waals surface area contributed by atoms with Gasteiger partial charge in [-0.1, -0.05) is 13.8 Å². The van der Waals surface area contributed by atoms with E-state index in [0.29, 0.717) is 16.7 Å². The van der Waals surface area contributed by atoms with E-state index in [1.807, 2.05) is 0 Å². The second-order valence-corrected chi connectivity index (χ2v) is 5.05. The second-order valence-electron chi connectivity index (χ2n) is 4.64. The molecule has 106 valence electrons. The zero-order valence-electron chi connectivity index (χ0n) is 10.8. The third kappa shape index (κ3) is 5.92. The van der Waals surface area contributed by atoms with Crippen molar-refractivity contribution < 1.29 is 13.2 Å². The minimum atomic E-state index is -4.31. The van der Waals surface area contributed by atoms with Gasteiger partial charge in [-0.15, -0.1) is 0 Å². The first-order valence-corrected chi connectivity index (χ1v) is 6.42. The van der Waals surface area contributed by atoms with Gasteiger partial charge in [-0.2, -0.15) is 13.2 Å². The van der Waals surface area contributed by atoms with E-state index in [1.54, 1.807) is 0 Å². The molecule has 0 bridgehead atoms. The number of thiocarbonyl (C=S) groups is 1. The predicted octanol–water partition coefficient (Wildman–Crippen LogP) is 4.04. The lowest BCUT2D eigenvalue weighted by molar-refractivity contribution is -0.137. The summed E-state index contributed by atoms with van der Waals surface area (Å²) in [6.07, 6.45) is -3.33. The number of halogens is 3. The average Bonchev–Trinajstić information content (AvgIpc) is 2.27. The first kappa shape index (κ1) is 15.8. The van der Waals surface area contributed by atoms with Crippen molar-refractivity contribution in [2.75, 3.05) is 11.9 Å². The van der Waals surface area contributed by atoms with Crippen molar-refractivity contribution in [2.45, 2.75) is 26.4 Å². The summed E-state index contributed by atoms with van der Waals surface area (Å²) in [4.78, 5) is 0. The van der Waals surface area contributed by atoms with Crippen LogP contribution in [0.25, 0.3) is 0 Å². The van der Waals surface area contributed by atoms with E-state index in [9.17, 15) is 13.2 Å². The Kier molecular flexibility index (Phi) is 5.60. The molecule has 19 heavy (non-hydrogen) atoms. The molecule has 1 aromatic rings. The minimum Gasteiger partial charge on any atom is -0.362 e. The number of alkyl halides is 3. The van der Waals surface area contributed by atoms with Crippen molar-refractivity contribution in [2.24, 2.45) is 5.92 Å². The molecule has 0 aromatic heterocycles. The molecule has 0 heterocycles. The fourth-order valence-corrected chi connectivity index (χ4v) is 1.61. The lowest BCUT2D eigenvalue weighted by Crippen LogP contribution is -2.29. The molecule has 0 saturated heterocycles. The van der Waals surface area contributed by atoms with Gasteiger partial charge in [0.05, 0.1) is 5.56 Å². The molecule has 0 radical (unpaired) electrons. The fourth-order valence-electron chi connectivity index (χ4n) is 1.39. The van der Waals surface area contributed by atoms with Crippen molar-refractivity contribution in [3.8, 4) is 0 Å². The summed E-state index contributed by atoms with van der Waals surface area (Å²) in [6, 6.07) is 4.77. The lowest BCUT2D eigenvalue weighted by atomic mass is 10.1. The molecule has 0 atom stereocenters. The number of nitrogens with one attached hydrogen (secondary N) is 2. The van der Waals surface area contributed by atoms with Crippen LogP contribution in [0.15, 0.2) is 24.3 Å². The minimum absolute atomic E-state index is 0.417. The van der Waals surface area contributed by atoms with Crippen LogP contribution < -0.4 is 10.6 Å². The van der Waals surface area contributed by atoms with Gasteiger partial charge < -0.3 is 10.6 Å². The van der Waals surface area contributed by atoms with Gasteiger partial charge in [-0.05, 0) is 48.8 Å². The van der Waals surface area contributed by atoms with Crippen LogP contribution in [0.3, 0.4) is 0 Å². The SMILES string of the molecule is CC(C)CCNC(=S)Nc1ccc(C(F)(F)F)cc1. The Bertz CT molecular complexity index is 413. The van der Waals surface area contributed by atoms with Crippen molar-refractivity contribution in [1.82, 2.24) is 5.32 Å². The van der Waals surface area contributed by atoms with Gasteiger partial charge in [0.2, 0.25) is 0 Å². The van der Waals surface area contributed by atoms with E-state index in [4.69, 9.17) is 12.2 Å². The van der Waals surface area contributed by atoms with Crippen molar-refractivity contribution in [1.29, 1.82) is 0 Å². The smallest absolute Gasteiger partial charge is 0.362 e. The molecule has 0 saturated carbocycles. The number of rotatable bonds is 4. The summed E-state index contributed by atoms with van der Waals surface area (Å²) in [5.74, 6) is 0.571. The third-order valence-corrected chi connectivity index (χ3v) is 2.72. The molecule has 0 unspecified atom stereocenters. The fraction of sp³-hybridized carbons (Fsp3) is 0.462. The number of hydrogen-bond acceptors (Lipinski definition) is 1. The quantitative estimate of drug-likeness (QED) is 0.818. The van der Waals surface area contributed by atoms with Crippen molar-refractivity contribution in [3.05, 3.63) is 29.8 Å². The standard InChI is InChI=1S/C13H17F3N2S/c1-9(2)7-8-17-12(19)18-11-5-3-10(4-6-11)13(14,15)16/h3-6,9H,7-8H2,1-2H3,(H2,17,18,19). The highest BCUT2D eigenvalue weighted by Gasteiger charge is 2.29. The van der Waals surface area contributed by atoms with Gasteiger partial charge in [0, 0.05) is 12.2 Å². The van der Waals surface area contributed by atoms with Gasteiger partial charge >= 0.3 is 6.18 Å². The Morgan fingerprint density at radius 1 is 1.21 bits per heavy atom. The van der Waals surface area contributed by atoms with Gasteiger partial charge in [-0.3, -0.25) is 0 Å². The summed E-state index contributed by atoms with van der Waals surface area (Å²) in [6.45, 7) is 4.95. The molecule has 2 nitrogen and oxygen atoms in total. The zero-order valence-corrected chi connectivity index (χ0v) is 11.7. The molecule has 0 aliphatic carbocycles. The van der Waals surface area contributed by atoms with E-state index in [0.717, 1.165) is 25.1 Å². The average molecular weight is 290 g/mol. The van der Waals surface area contributed by atoms with Gasteiger partial charge in [0.15, 0.2) is 5.11 Å². The normalized spacial score (nSPS) is 11.5. The Labute approximate surface area is 116 Å². The predicted molar refractivity (Wildman–Crippen MR) is 75.1 cm³/mol. The topological polar surface area (TPSA) is 24.1 Å². The van der Waals surface area contributed by atoms with Crippen LogP contribution in [0.1, 0.15) is 25.8 Å². The van der Waals surface area contributed by atoms with Gasteiger partial charge in [-0.25, -0.2) is 0 Å². The van der Waals surface area contributed by atoms with Crippen LogP contribution in [-0.4, -0.2) is 11.7 Å².